The predicted molar refractivity (Wildman–Crippen MR) is 247 cm³/mol. The fraction of sp³-hybridized carbons (Fsp3) is 0.720. The van der Waals surface area contributed by atoms with Crippen LogP contribution in [0.25, 0.3) is 0 Å². The third-order valence-corrected chi connectivity index (χ3v) is 11.0. The first-order valence-electron chi connectivity index (χ1n) is 24.0. The molecule has 0 aliphatic carbocycles. The van der Waals surface area contributed by atoms with Gasteiger partial charge in [-0.15, -0.1) is 0 Å². The van der Waals surface area contributed by atoms with Gasteiger partial charge in [0, 0.05) is 12.8 Å². The maximum Gasteiger partial charge on any atom is 0.306 e. The summed E-state index contributed by atoms with van der Waals surface area (Å²) in [5.74, 6) is -1.03. The number of carbonyl (C=O) groups excluding carboxylic acids is 2. The van der Waals surface area contributed by atoms with Crippen LogP contribution in [0.2, 0.25) is 0 Å². The predicted octanol–water partition coefficient (Wildman–Crippen LogP) is 5.87. The lowest BCUT2D eigenvalue weighted by Gasteiger charge is -2.42. The number of aliphatic hydroxyl groups is 7. The van der Waals surface area contributed by atoms with E-state index in [-0.39, 0.29) is 19.4 Å². The van der Waals surface area contributed by atoms with Gasteiger partial charge in [0.1, 0.15) is 55.4 Å². The summed E-state index contributed by atoms with van der Waals surface area (Å²) < 4.78 is 33.4. The van der Waals surface area contributed by atoms with Gasteiger partial charge in [-0.2, -0.15) is 0 Å². The Labute approximate surface area is 387 Å². The summed E-state index contributed by atoms with van der Waals surface area (Å²) in [6, 6.07) is 0. The second kappa shape index (κ2) is 37.0. The Bertz CT molecular complexity index is 1410. The van der Waals surface area contributed by atoms with Gasteiger partial charge in [0.05, 0.1) is 19.8 Å². The van der Waals surface area contributed by atoms with Gasteiger partial charge in [-0.25, -0.2) is 0 Å². The Hall–Kier alpha value is -3.06. The standard InChI is InChI=1S/C50H82O15/c1-3-5-7-9-11-13-15-16-17-18-19-20-21-22-23-25-26-28-30-32-41(52)60-35-38(63-42(53)33-31-29-27-24-14-12-10-8-6-4-2)36-61-49-48(59)46(57)44(55)40(65-49)37-62-50-47(58)45(56)43(54)39(34-51)64-50/h5,7,11,13,16-17,19-20,22-23,26,28,38-40,43-51,54-59H,3-4,6,8-10,12,14-15,18,21,24-25,27,29-37H2,1-2H3/b7-5+,13-11+,17-16+,20-19+,23-22+,28-26+/t38-,39+,40+,43-,44-,45?,46?,47?,48?,49+,50+/m1/s1. The number of rotatable bonds is 35. The topological polar surface area (TPSA) is 231 Å². The molecular formula is C50H82O15. The quantitative estimate of drug-likeness (QED) is 0.0224. The molecule has 0 amide bonds. The van der Waals surface area contributed by atoms with Crippen molar-refractivity contribution in [3.63, 3.8) is 0 Å². The van der Waals surface area contributed by atoms with E-state index in [0.29, 0.717) is 12.8 Å². The molecule has 11 atom stereocenters. The summed E-state index contributed by atoms with van der Waals surface area (Å²) in [4.78, 5) is 25.6. The molecule has 2 saturated heterocycles. The van der Waals surface area contributed by atoms with Crippen LogP contribution in [0.4, 0.5) is 0 Å². The van der Waals surface area contributed by atoms with Crippen LogP contribution >= 0.6 is 0 Å². The van der Waals surface area contributed by atoms with Crippen LogP contribution in [0.15, 0.2) is 72.9 Å². The van der Waals surface area contributed by atoms with Gasteiger partial charge in [0.2, 0.25) is 0 Å². The number of ether oxygens (including phenoxy) is 6. The highest BCUT2D eigenvalue weighted by atomic mass is 16.7. The minimum absolute atomic E-state index is 0.0902. The van der Waals surface area contributed by atoms with Gasteiger partial charge in [-0.1, -0.05) is 145 Å². The number of carbonyl (C=O) groups is 2. The van der Waals surface area contributed by atoms with Crippen LogP contribution in [0.5, 0.6) is 0 Å². The van der Waals surface area contributed by atoms with E-state index in [9.17, 15) is 45.3 Å². The van der Waals surface area contributed by atoms with Crippen LogP contribution in [0.1, 0.15) is 136 Å². The zero-order valence-corrected chi connectivity index (χ0v) is 38.9. The first-order chi connectivity index (χ1) is 31.5. The molecule has 2 aliphatic rings. The van der Waals surface area contributed by atoms with Crippen LogP contribution in [-0.2, 0) is 38.0 Å². The molecule has 0 aromatic carbocycles. The zero-order chi connectivity index (χ0) is 47.5. The highest BCUT2D eigenvalue weighted by molar-refractivity contribution is 5.70. The Morgan fingerprint density at radius 3 is 1.49 bits per heavy atom. The third kappa shape index (κ3) is 25.6. The second-order valence-corrected chi connectivity index (χ2v) is 16.6. The van der Waals surface area contributed by atoms with Crippen molar-refractivity contribution in [1.29, 1.82) is 0 Å². The van der Waals surface area contributed by atoms with Crippen molar-refractivity contribution >= 4 is 11.9 Å². The molecule has 2 heterocycles. The number of hydrogen-bond acceptors (Lipinski definition) is 15. The van der Waals surface area contributed by atoms with Crippen molar-refractivity contribution in [3.05, 3.63) is 72.9 Å². The summed E-state index contributed by atoms with van der Waals surface area (Å²) >= 11 is 0. The summed E-state index contributed by atoms with van der Waals surface area (Å²) in [5, 5.41) is 71.9. The minimum Gasteiger partial charge on any atom is -0.462 e. The summed E-state index contributed by atoms with van der Waals surface area (Å²) in [5.41, 5.74) is 0. The van der Waals surface area contributed by atoms with Crippen molar-refractivity contribution < 1.29 is 73.8 Å². The molecule has 0 aromatic heterocycles. The summed E-state index contributed by atoms with van der Waals surface area (Å²) in [7, 11) is 0. The van der Waals surface area contributed by atoms with Crippen molar-refractivity contribution in [1.82, 2.24) is 0 Å². The van der Waals surface area contributed by atoms with Crippen LogP contribution < -0.4 is 0 Å². The molecule has 372 valence electrons. The first kappa shape index (κ1) is 58.1. The molecule has 0 spiro atoms. The molecule has 15 nitrogen and oxygen atoms in total. The Balaban J connectivity index is 1.85. The van der Waals surface area contributed by atoms with Gasteiger partial charge in [-0.05, 0) is 51.4 Å². The van der Waals surface area contributed by atoms with E-state index in [1.54, 1.807) is 0 Å². The van der Waals surface area contributed by atoms with Gasteiger partial charge in [0.25, 0.3) is 0 Å². The monoisotopic (exact) mass is 923 g/mol. The van der Waals surface area contributed by atoms with Crippen LogP contribution in [0.3, 0.4) is 0 Å². The molecule has 0 aromatic rings. The first-order valence-corrected chi connectivity index (χ1v) is 24.0. The number of allylic oxidation sites excluding steroid dienone is 12. The largest absolute Gasteiger partial charge is 0.462 e. The van der Waals surface area contributed by atoms with Crippen LogP contribution in [-0.4, -0.2) is 142 Å². The Kier molecular flexibility index (Phi) is 33.0. The van der Waals surface area contributed by atoms with E-state index in [0.717, 1.165) is 57.8 Å². The number of unbranched alkanes of at least 4 members (excludes halogenated alkanes) is 9. The summed E-state index contributed by atoms with van der Waals surface area (Å²) in [6.45, 7) is 2.35. The maximum atomic E-state index is 12.9. The van der Waals surface area contributed by atoms with E-state index >= 15 is 0 Å². The molecule has 4 unspecified atom stereocenters. The van der Waals surface area contributed by atoms with Crippen LogP contribution in [0, 0.1) is 0 Å². The van der Waals surface area contributed by atoms with Crippen molar-refractivity contribution in [2.24, 2.45) is 0 Å². The van der Waals surface area contributed by atoms with Crippen molar-refractivity contribution in [3.8, 4) is 0 Å². The van der Waals surface area contributed by atoms with E-state index in [2.05, 4.69) is 74.6 Å². The minimum atomic E-state index is -1.78. The average molecular weight is 923 g/mol. The zero-order valence-electron chi connectivity index (χ0n) is 38.9. The Morgan fingerprint density at radius 1 is 0.508 bits per heavy atom. The maximum absolute atomic E-state index is 12.9. The summed E-state index contributed by atoms with van der Waals surface area (Å²) in [6.07, 6.45) is 25.3. The number of hydrogen-bond donors (Lipinski definition) is 7. The van der Waals surface area contributed by atoms with E-state index in [1.807, 2.05) is 12.2 Å². The lowest BCUT2D eigenvalue weighted by Crippen LogP contribution is -2.61. The van der Waals surface area contributed by atoms with Gasteiger partial charge >= 0.3 is 11.9 Å². The van der Waals surface area contributed by atoms with E-state index < -0.39 is 99.3 Å². The molecule has 0 bridgehead atoms. The molecular weight excluding hydrogens is 841 g/mol. The Morgan fingerprint density at radius 2 is 0.969 bits per heavy atom. The molecule has 2 rings (SSSR count). The van der Waals surface area contributed by atoms with Crippen molar-refractivity contribution in [2.75, 3.05) is 26.4 Å². The van der Waals surface area contributed by atoms with Gasteiger partial charge in [0.15, 0.2) is 18.7 Å². The van der Waals surface area contributed by atoms with Gasteiger partial charge in [-0.3, -0.25) is 9.59 Å². The fourth-order valence-electron chi connectivity index (χ4n) is 7.01. The average Bonchev–Trinajstić information content (AvgIpc) is 3.30. The smallest absolute Gasteiger partial charge is 0.306 e. The normalized spacial score (nSPS) is 27.0. The molecule has 2 fully saturated rings. The lowest BCUT2D eigenvalue weighted by molar-refractivity contribution is -0.332. The highest BCUT2D eigenvalue weighted by Gasteiger charge is 2.47. The third-order valence-electron chi connectivity index (χ3n) is 11.0. The molecule has 0 saturated carbocycles. The lowest BCUT2D eigenvalue weighted by atomic mass is 9.98. The van der Waals surface area contributed by atoms with E-state index in [4.69, 9.17) is 28.4 Å². The second-order valence-electron chi connectivity index (χ2n) is 16.6. The SMILES string of the molecule is CC/C=C/C/C=C/C/C=C/C/C=C/C/C=C/C/C=C/CCC(=O)OC[C@H](CO[C@H]1O[C@@H](CO[C@H]2O[C@@H](CO)[C@@H](O)C(O)C2O)[C@@H](O)C(O)C1O)OC(=O)CCCCCCCCCCCC. The molecule has 2 aliphatic heterocycles. The van der Waals surface area contributed by atoms with E-state index in [1.165, 1.54) is 38.5 Å². The molecule has 15 heteroatoms. The number of esters is 2. The van der Waals surface area contributed by atoms with Gasteiger partial charge < -0.3 is 64.2 Å². The fourth-order valence-corrected chi connectivity index (χ4v) is 7.01. The number of aliphatic hydroxyl groups excluding tert-OH is 7. The molecule has 7 N–H and O–H groups in total. The highest BCUT2D eigenvalue weighted by Crippen LogP contribution is 2.26. The molecule has 0 radical (unpaired) electrons. The molecule has 65 heavy (non-hydrogen) atoms. The van der Waals surface area contributed by atoms with Crippen molar-refractivity contribution in [2.45, 2.75) is 203 Å².